The molecule has 1 aromatic carbocycles. The monoisotopic (exact) mass is 408 g/mol. The van der Waals surface area contributed by atoms with Gasteiger partial charge in [0, 0.05) is 11.9 Å². The van der Waals surface area contributed by atoms with Gasteiger partial charge in [-0.15, -0.1) is 11.3 Å². The molecule has 1 aromatic heterocycles. The maximum atomic E-state index is 12.9. The van der Waals surface area contributed by atoms with Gasteiger partial charge in [0.25, 0.3) is 5.91 Å². The van der Waals surface area contributed by atoms with Gasteiger partial charge >= 0.3 is 5.97 Å². The minimum Gasteiger partial charge on any atom is -0.465 e. The molecule has 27 heavy (non-hydrogen) atoms. The molecule has 1 amide bonds. The van der Waals surface area contributed by atoms with Crippen LogP contribution in [-0.2, 0) is 27.6 Å². The molecule has 0 fully saturated rings. The largest absolute Gasteiger partial charge is 0.465 e. The molecule has 7 nitrogen and oxygen atoms in total. The second-order valence-electron chi connectivity index (χ2n) is 6.25. The molecule has 0 saturated carbocycles. The van der Waals surface area contributed by atoms with Crippen LogP contribution < -0.4 is 9.62 Å². The number of amides is 1. The summed E-state index contributed by atoms with van der Waals surface area (Å²) in [4.78, 5) is 26.2. The van der Waals surface area contributed by atoms with E-state index >= 15 is 0 Å². The number of hydrogen-bond donors (Lipinski definition) is 1. The number of para-hydroxylation sites is 1. The first-order valence-corrected chi connectivity index (χ1v) is 11.0. The number of aryl methyl sites for hydroxylation is 1. The fourth-order valence-corrected chi connectivity index (χ4v) is 4.89. The van der Waals surface area contributed by atoms with Crippen molar-refractivity contribution in [2.75, 3.05) is 30.0 Å². The Morgan fingerprint density at radius 1 is 1.22 bits per heavy atom. The molecule has 1 heterocycles. The van der Waals surface area contributed by atoms with Crippen molar-refractivity contribution in [3.63, 3.8) is 0 Å². The van der Waals surface area contributed by atoms with Gasteiger partial charge in [-0.25, -0.2) is 13.2 Å². The van der Waals surface area contributed by atoms with Crippen molar-refractivity contribution in [1.29, 1.82) is 0 Å². The summed E-state index contributed by atoms with van der Waals surface area (Å²) in [6.07, 6.45) is 3.69. The fourth-order valence-electron chi connectivity index (χ4n) is 3.10. The molecule has 0 unspecified atom stereocenters. The third-order valence-electron chi connectivity index (χ3n) is 4.52. The number of nitrogens with zero attached hydrogens (tertiary/aromatic N) is 1. The maximum Gasteiger partial charge on any atom is 0.341 e. The zero-order valence-corrected chi connectivity index (χ0v) is 16.9. The number of hydrogen-bond acceptors (Lipinski definition) is 6. The molecule has 0 bridgehead atoms. The highest BCUT2D eigenvalue weighted by Gasteiger charge is 2.29. The van der Waals surface area contributed by atoms with E-state index in [1.54, 1.807) is 24.3 Å². The lowest BCUT2D eigenvalue weighted by atomic mass is 10.1. The summed E-state index contributed by atoms with van der Waals surface area (Å²) in [5.74, 6) is -0.961. The topological polar surface area (TPSA) is 92.8 Å². The van der Waals surface area contributed by atoms with Gasteiger partial charge in [-0.3, -0.25) is 9.10 Å². The van der Waals surface area contributed by atoms with Gasteiger partial charge in [0.2, 0.25) is 10.0 Å². The van der Waals surface area contributed by atoms with Gasteiger partial charge in [-0.1, -0.05) is 12.1 Å². The Morgan fingerprint density at radius 2 is 1.93 bits per heavy atom. The smallest absolute Gasteiger partial charge is 0.341 e. The number of carbonyl (C=O) groups is 2. The number of sulfonamides is 1. The van der Waals surface area contributed by atoms with Crippen LogP contribution in [0.5, 0.6) is 0 Å². The van der Waals surface area contributed by atoms with Crippen LogP contribution in [0.25, 0.3) is 0 Å². The normalized spacial score (nSPS) is 13.1. The van der Waals surface area contributed by atoms with Crippen LogP contribution in [-0.4, -0.2) is 40.7 Å². The van der Waals surface area contributed by atoms with E-state index in [-0.39, 0.29) is 11.3 Å². The summed E-state index contributed by atoms with van der Waals surface area (Å²) >= 11 is 1.37. The van der Waals surface area contributed by atoms with E-state index < -0.39 is 21.9 Å². The standard InChI is InChI=1S/C18H20N2O5S2/c1-20(27(3,23)24)13-9-5-4-7-11(13)16(21)19-17-15(18(22)25-2)12-8-6-10-14(12)26-17/h4-5,7,9H,6,8,10H2,1-3H3,(H,19,21). The predicted octanol–water partition coefficient (Wildman–Crippen LogP) is 2.67. The minimum atomic E-state index is -3.53. The van der Waals surface area contributed by atoms with Crippen LogP contribution >= 0.6 is 11.3 Å². The number of thiophene rings is 1. The Labute approximate surface area is 162 Å². The van der Waals surface area contributed by atoms with Crippen LogP contribution in [0.3, 0.4) is 0 Å². The third kappa shape index (κ3) is 3.70. The molecule has 1 aliphatic carbocycles. The van der Waals surface area contributed by atoms with Gasteiger partial charge in [0.05, 0.1) is 30.2 Å². The van der Waals surface area contributed by atoms with Crippen LogP contribution in [0.2, 0.25) is 0 Å². The predicted molar refractivity (Wildman–Crippen MR) is 105 cm³/mol. The summed E-state index contributed by atoms with van der Waals surface area (Å²) in [5, 5.41) is 3.21. The van der Waals surface area contributed by atoms with Crippen molar-refractivity contribution in [2.45, 2.75) is 19.3 Å². The molecule has 144 valence electrons. The van der Waals surface area contributed by atoms with Crippen molar-refractivity contribution in [2.24, 2.45) is 0 Å². The van der Waals surface area contributed by atoms with Crippen molar-refractivity contribution >= 4 is 43.9 Å². The molecule has 0 aliphatic heterocycles. The Hall–Kier alpha value is -2.39. The molecule has 0 atom stereocenters. The average Bonchev–Trinajstić information content (AvgIpc) is 3.20. The quantitative estimate of drug-likeness (QED) is 0.768. The average molecular weight is 409 g/mol. The van der Waals surface area contributed by atoms with E-state index in [4.69, 9.17) is 4.74 Å². The number of carbonyl (C=O) groups excluding carboxylic acids is 2. The van der Waals surface area contributed by atoms with Gasteiger partial charge in [0.15, 0.2) is 0 Å². The number of methoxy groups -OCH3 is 1. The summed E-state index contributed by atoms with van der Waals surface area (Å²) in [7, 11) is -0.827. The minimum absolute atomic E-state index is 0.204. The molecule has 0 radical (unpaired) electrons. The van der Waals surface area contributed by atoms with E-state index in [2.05, 4.69) is 5.32 Å². The molecular formula is C18H20N2O5S2. The van der Waals surface area contributed by atoms with E-state index in [1.807, 2.05) is 0 Å². The van der Waals surface area contributed by atoms with Crippen molar-refractivity contribution < 1.29 is 22.7 Å². The molecule has 0 saturated heterocycles. The number of ether oxygens (including phenoxy) is 1. The van der Waals surface area contributed by atoms with E-state index in [0.29, 0.717) is 10.6 Å². The highest BCUT2D eigenvalue weighted by molar-refractivity contribution is 7.92. The number of esters is 1. The van der Waals surface area contributed by atoms with E-state index in [0.717, 1.165) is 40.3 Å². The fraction of sp³-hybridized carbons (Fsp3) is 0.333. The lowest BCUT2D eigenvalue weighted by molar-refractivity contribution is 0.0601. The number of anilines is 2. The lowest BCUT2D eigenvalue weighted by Crippen LogP contribution is -2.27. The molecule has 1 N–H and O–H groups in total. The highest BCUT2D eigenvalue weighted by atomic mass is 32.2. The summed E-state index contributed by atoms with van der Waals surface area (Å²) in [6, 6.07) is 6.43. The van der Waals surface area contributed by atoms with Gasteiger partial charge in [-0.05, 0) is 37.0 Å². The second-order valence-corrected chi connectivity index (χ2v) is 9.37. The summed E-state index contributed by atoms with van der Waals surface area (Å²) in [5.41, 5.74) is 1.80. The Bertz CT molecular complexity index is 1010. The lowest BCUT2D eigenvalue weighted by Gasteiger charge is -2.19. The van der Waals surface area contributed by atoms with E-state index in [1.165, 1.54) is 25.5 Å². The van der Waals surface area contributed by atoms with Gasteiger partial charge in [-0.2, -0.15) is 0 Å². The molecule has 1 aliphatic rings. The number of fused-ring (bicyclic) bond motifs is 1. The SMILES string of the molecule is COC(=O)c1c(NC(=O)c2ccccc2N(C)S(C)(=O)=O)sc2c1CCC2. The number of benzene rings is 1. The van der Waals surface area contributed by atoms with Crippen LogP contribution in [0.4, 0.5) is 10.7 Å². The first-order chi connectivity index (χ1) is 12.7. The number of rotatable bonds is 5. The Balaban J connectivity index is 1.98. The summed E-state index contributed by atoms with van der Waals surface area (Å²) in [6.45, 7) is 0. The van der Waals surface area contributed by atoms with Crippen molar-refractivity contribution in [3.8, 4) is 0 Å². The third-order valence-corrected chi connectivity index (χ3v) is 6.92. The molecule has 2 aromatic rings. The van der Waals surface area contributed by atoms with Crippen LogP contribution in [0.1, 0.15) is 37.6 Å². The molecule has 9 heteroatoms. The first kappa shape index (κ1) is 19.4. The Morgan fingerprint density at radius 3 is 2.59 bits per heavy atom. The van der Waals surface area contributed by atoms with Crippen molar-refractivity contribution in [3.05, 3.63) is 45.8 Å². The zero-order chi connectivity index (χ0) is 19.8. The molecular weight excluding hydrogens is 388 g/mol. The zero-order valence-electron chi connectivity index (χ0n) is 15.2. The van der Waals surface area contributed by atoms with Gasteiger partial charge in [0.1, 0.15) is 5.00 Å². The number of nitrogens with one attached hydrogen (secondary N) is 1. The Kier molecular flexibility index (Phi) is 5.25. The maximum absolute atomic E-state index is 12.9. The first-order valence-electron chi connectivity index (χ1n) is 8.31. The second kappa shape index (κ2) is 7.32. The summed E-state index contributed by atoms with van der Waals surface area (Å²) < 4.78 is 29.7. The van der Waals surface area contributed by atoms with Crippen molar-refractivity contribution in [1.82, 2.24) is 0 Å². The highest BCUT2D eigenvalue weighted by Crippen LogP contribution is 2.39. The molecule has 3 rings (SSSR count). The van der Waals surface area contributed by atoms with E-state index in [9.17, 15) is 18.0 Å². The van der Waals surface area contributed by atoms with Crippen LogP contribution in [0, 0.1) is 0 Å². The molecule has 0 spiro atoms. The van der Waals surface area contributed by atoms with Gasteiger partial charge < -0.3 is 10.1 Å². The van der Waals surface area contributed by atoms with Crippen LogP contribution in [0.15, 0.2) is 24.3 Å².